The van der Waals surface area contributed by atoms with Gasteiger partial charge in [-0.1, -0.05) is 6.92 Å². The summed E-state index contributed by atoms with van der Waals surface area (Å²) >= 11 is 0. The van der Waals surface area contributed by atoms with Crippen LogP contribution in [0.25, 0.3) is 0 Å². The number of amides is 1. The van der Waals surface area contributed by atoms with Crippen molar-refractivity contribution >= 4 is 5.91 Å². The van der Waals surface area contributed by atoms with Gasteiger partial charge in [-0.3, -0.25) is 4.79 Å². The SMILES string of the molecule is CCCOCC(=O)N1CCCCC1CCNC. The van der Waals surface area contributed by atoms with Gasteiger partial charge in [0.25, 0.3) is 0 Å². The molecule has 1 saturated heterocycles. The molecule has 1 rings (SSSR count). The molecule has 0 aromatic heterocycles. The standard InChI is InChI=1S/C13H26N2O2/c1-3-10-17-11-13(16)15-9-5-4-6-12(15)7-8-14-2/h12,14H,3-11H2,1-2H3. The highest BCUT2D eigenvalue weighted by Gasteiger charge is 2.25. The lowest BCUT2D eigenvalue weighted by Crippen LogP contribution is -2.46. The maximum Gasteiger partial charge on any atom is 0.248 e. The molecule has 0 aromatic carbocycles. The Kier molecular flexibility index (Phi) is 7.21. The molecule has 1 heterocycles. The van der Waals surface area contributed by atoms with Crippen molar-refractivity contribution in [3.8, 4) is 0 Å². The number of carbonyl (C=O) groups excluding carboxylic acids is 1. The third kappa shape index (κ3) is 5.04. The molecule has 4 nitrogen and oxygen atoms in total. The topological polar surface area (TPSA) is 41.6 Å². The molecule has 0 aliphatic carbocycles. The van der Waals surface area contributed by atoms with Crippen LogP contribution in [-0.4, -0.2) is 50.2 Å². The lowest BCUT2D eigenvalue weighted by atomic mass is 9.99. The molecule has 17 heavy (non-hydrogen) atoms. The van der Waals surface area contributed by atoms with Gasteiger partial charge in [0.1, 0.15) is 6.61 Å². The summed E-state index contributed by atoms with van der Waals surface area (Å²) in [5.41, 5.74) is 0. The van der Waals surface area contributed by atoms with Gasteiger partial charge in [0.2, 0.25) is 5.91 Å². The highest BCUT2D eigenvalue weighted by molar-refractivity contribution is 5.77. The molecule has 1 aliphatic heterocycles. The minimum atomic E-state index is 0.166. The molecular formula is C13H26N2O2. The van der Waals surface area contributed by atoms with Crippen LogP contribution in [-0.2, 0) is 9.53 Å². The minimum absolute atomic E-state index is 0.166. The third-order valence-corrected chi connectivity index (χ3v) is 3.25. The zero-order chi connectivity index (χ0) is 12.5. The molecule has 0 radical (unpaired) electrons. The van der Waals surface area contributed by atoms with Crippen molar-refractivity contribution in [1.29, 1.82) is 0 Å². The van der Waals surface area contributed by atoms with Crippen molar-refractivity contribution < 1.29 is 9.53 Å². The predicted molar refractivity (Wildman–Crippen MR) is 69.0 cm³/mol. The molecule has 0 saturated carbocycles. The number of nitrogens with one attached hydrogen (secondary N) is 1. The van der Waals surface area contributed by atoms with E-state index in [0.29, 0.717) is 12.6 Å². The van der Waals surface area contributed by atoms with Crippen LogP contribution in [0.5, 0.6) is 0 Å². The van der Waals surface area contributed by atoms with E-state index < -0.39 is 0 Å². The predicted octanol–water partition coefficient (Wildman–Crippen LogP) is 1.40. The first-order valence-electron chi connectivity index (χ1n) is 6.81. The summed E-state index contributed by atoms with van der Waals surface area (Å²) in [5.74, 6) is 0.166. The van der Waals surface area contributed by atoms with Gasteiger partial charge in [-0.15, -0.1) is 0 Å². The van der Waals surface area contributed by atoms with Crippen LogP contribution in [0.15, 0.2) is 0 Å². The minimum Gasteiger partial charge on any atom is -0.372 e. The van der Waals surface area contributed by atoms with Crippen LogP contribution in [0.2, 0.25) is 0 Å². The normalized spacial score (nSPS) is 20.6. The van der Waals surface area contributed by atoms with Crippen molar-refractivity contribution in [1.82, 2.24) is 10.2 Å². The summed E-state index contributed by atoms with van der Waals surface area (Å²) in [4.78, 5) is 14.1. The molecular weight excluding hydrogens is 216 g/mol. The summed E-state index contributed by atoms with van der Waals surface area (Å²) in [7, 11) is 1.96. The Labute approximate surface area is 105 Å². The first-order valence-corrected chi connectivity index (χ1v) is 6.81. The van der Waals surface area contributed by atoms with E-state index in [1.54, 1.807) is 0 Å². The first kappa shape index (κ1) is 14.5. The summed E-state index contributed by atoms with van der Waals surface area (Å²) < 4.78 is 5.34. The van der Waals surface area contributed by atoms with Crippen LogP contribution in [0.4, 0.5) is 0 Å². The molecule has 1 N–H and O–H groups in total. The summed E-state index contributed by atoms with van der Waals surface area (Å²) in [6, 6.07) is 0.411. The second-order valence-corrected chi connectivity index (χ2v) is 4.68. The third-order valence-electron chi connectivity index (χ3n) is 3.25. The van der Waals surface area contributed by atoms with E-state index >= 15 is 0 Å². The lowest BCUT2D eigenvalue weighted by molar-refractivity contribution is -0.140. The number of piperidine rings is 1. The largest absolute Gasteiger partial charge is 0.372 e. The molecule has 4 heteroatoms. The summed E-state index contributed by atoms with van der Waals surface area (Å²) in [5, 5.41) is 3.16. The van der Waals surface area contributed by atoms with E-state index in [1.165, 1.54) is 6.42 Å². The molecule has 1 atom stereocenters. The molecule has 0 bridgehead atoms. The lowest BCUT2D eigenvalue weighted by Gasteiger charge is -2.35. The first-order chi connectivity index (χ1) is 8.29. The van der Waals surface area contributed by atoms with Crippen LogP contribution in [0.3, 0.4) is 0 Å². The van der Waals surface area contributed by atoms with Crippen molar-refractivity contribution in [2.45, 2.75) is 45.1 Å². The van der Waals surface area contributed by atoms with E-state index in [1.807, 2.05) is 11.9 Å². The Balaban J connectivity index is 2.37. The fraction of sp³-hybridized carbons (Fsp3) is 0.923. The summed E-state index contributed by atoms with van der Waals surface area (Å²) in [6.45, 7) is 4.87. The van der Waals surface area contributed by atoms with Crippen LogP contribution >= 0.6 is 0 Å². The zero-order valence-corrected chi connectivity index (χ0v) is 11.2. The van der Waals surface area contributed by atoms with E-state index in [-0.39, 0.29) is 12.5 Å². The maximum absolute atomic E-state index is 12.0. The highest BCUT2D eigenvalue weighted by atomic mass is 16.5. The summed E-state index contributed by atoms with van der Waals surface area (Å²) in [6.07, 6.45) is 5.54. The van der Waals surface area contributed by atoms with Gasteiger partial charge in [0.05, 0.1) is 0 Å². The van der Waals surface area contributed by atoms with E-state index in [4.69, 9.17) is 4.74 Å². The Morgan fingerprint density at radius 3 is 3.00 bits per heavy atom. The second kappa shape index (κ2) is 8.48. The Morgan fingerprint density at radius 1 is 1.47 bits per heavy atom. The fourth-order valence-corrected chi connectivity index (χ4v) is 2.33. The van der Waals surface area contributed by atoms with Gasteiger partial charge in [-0.05, 0) is 45.7 Å². The number of nitrogens with zero attached hydrogens (tertiary/aromatic N) is 1. The molecule has 1 unspecified atom stereocenters. The fourth-order valence-electron chi connectivity index (χ4n) is 2.33. The number of hydrogen-bond acceptors (Lipinski definition) is 3. The Hall–Kier alpha value is -0.610. The maximum atomic E-state index is 12.0. The van der Waals surface area contributed by atoms with Gasteiger partial charge in [-0.25, -0.2) is 0 Å². The molecule has 0 aromatic rings. The smallest absolute Gasteiger partial charge is 0.248 e. The Bertz CT molecular complexity index is 221. The average Bonchev–Trinajstić information content (AvgIpc) is 2.37. The van der Waals surface area contributed by atoms with E-state index in [2.05, 4.69) is 12.2 Å². The van der Waals surface area contributed by atoms with Gasteiger partial charge < -0.3 is 15.0 Å². The number of likely N-dealkylation sites (tertiary alicyclic amines) is 1. The monoisotopic (exact) mass is 242 g/mol. The van der Waals surface area contributed by atoms with E-state index in [9.17, 15) is 4.79 Å². The molecule has 1 fully saturated rings. The number of rotatable bonds is 7. The van der Waals surface area contributed by atoms with Crippen LogP contribution in [0.1, 0.15) is 39.0 Å². The van der Waals surface area contributed by atoms with Gasteiger partial charge >= 0.3 is 0 Å². The molecule has 1 aliphatic rings. The van der Waals surface area contributed by atoms with E-state index in [0.717, 1.165) is 38.8 Å². The zero-order valence-electron chi connectivity index (χ0n) is 11.2. The highest BCUT2D eigenvalue weighted by Crippen LogP contribution is 2.19. The van der Waals surface area contributed by atoms with Crippen molar-refractivity contribution in [3.05, 3.63) is 0 Å². The van der Waals surface area contributed by atoms with Gasteiger partial charge in [0, 0.05) is 19.2 Å². The Morgan fingerprint density at radius 2 is 2.29 bits per heavy atom. The molecule has 100 valence electrons. The van der Waals surface area contributed by atoms with Crippen molar-refractivity contribution in [2.75, 3.05) is 33.4 Å². The molecule has 1 amide bonds. The number of ether oxygens (including phenoxy) is 1. The van der Waals surface area contributed by atoms with Crippen LogP contribution < -0.4 is 5.32 Å². The number of hydrogen-bond donors (Lipinski definition) is 1. The second-order valence-electron chi connectivity index (χ2n) is 4.68. The van der Waals surface area contributed by atoms with Gasteiger partial charge in [-0.2, -0.15) is 0 Å². The quantitative estimate of drug-likeness (QED) is 0.686. The van der Waals surface area contributed by atoms with Crippen molar-refractivity contribution in [3.63, 3.8) is 0 Å². The van der Waals surface area contributed by atoms with Crippen molar-refractivity contribution in [2.24, 2.45) is 0 Å². The molecule has 0 spiro atoms. The number of carbonyl (C=O) groups is 1. The average molecular weight is 242 g/mol. The van der Waals surface area contributed by atoms with Gasteiger partial charge in [0.15, 0.2) is 0 Å². The van der Waals surface area contributed by atoms with Crippen LogP contribution in [0, 0.1) is 0 Å².